The second kappa shape index (κ2) is 8.76. The monoisotopic (exact) mass is 415 g/mol. The number of pyridine rings is 1. The van der Waals surface area contributed by atoms with Gasteiger partial charge in [0.25, 0.3) is 0 Å². The topological polar surface area (TPSA) is 37.4 Å². The predicted molar refractivity (Wildman–Crippen MR) is 111 cm³/mol. The molecule has 0 atom stereocenters. The van der Waals surface area contributed by atoms with Crippen LogP contribution >= 0.6 is 11.6 Å². The van der Waals surface area contributed by atoms with Crippen molar-refractivity contribution in [2.45, 2.75) is 19.4 Å². The Morgan fingerprint density at radius 1 is 1.00 bits per heavy atom. The first-order chi connectivity index (χ1) is 14.1. The van der Waals surface area contributed by atoms with Gasteiger partial charge >= 0.3 is 0 Å². The van der Waals surface area contributed by atoms with Crippen LogP contribution in [0.4, 0.5) is 20.3 Å². The summed E-state index contributed by atoms with van der Waals surface area (Å²) in [6.45, 7) is 1.96. The van der Waals surface area contributed by atoms with Gasteiger partial charge in [0.1, 0.15) is 24.1 Å². The van der Waals surface area contributed by atoms with Gasteiger partial charge in [0.2, 0.25) is 0 Å². The molecule has 4 nitrogen and oxygen atoms in total. The van der Waals surface area contributed by atoms with E-state index in [1.54, 1.807) is 12.3 Å². The van der Waals surface area contributed by atoms with Crippen molar-refractivity contribution in [3.63, 3.8) is 0 Å². The molecule has 1 aliphatic rings. The Balaban J connectivity index is 1.40. The summed E-state index contributed by atoms with van der Waals surface area (Å²) in [7, 11) is 0. The molecular formula is C22H20ClF2N3O. The van der Waals surface area contributed by atoms with Gasteiger partial charge in [-0.25, -0.2) is 19.2 Å². The Morgan fingerprint density at radius 2 is 1.79 bits per heavy atom. The zero-order chi connectivity index (χ0) is 20.2. The lowest BCUT2D eigenvalue weighted by molar-refractivity contribution is 0.175. The van der Waals surface area contributed by atoms with Crippen LogP contribution in [0.3, 0.4) is 0 Å². The van der Waals surface area contributed by atoms with E-state index >= 15 is 0 Å². The molecule has 4 rings (SSSR count). The molecule has 1 fully saturated rings. The van der Waals surface area contributed by atoms with Gasteiger partial charge in [0, 0.05) is 36.1 Å². The molecule has 1 aromatic heterocycles. The highest BCUT2D eigenvalue weighted by atomic mass is 35.5. The molecule has 1 saturated heterocycles. The maximum Gasteiger partial charge on any atom is 0.149 e. The molecule has 150 valence electrons. The third kappa shape index (κ3) is 4.49. The first-order valence-electron chi connectivity index (χ1n) is 9.43. The fourth-order valence-corrected chi connectivity index (χ4v) is 3.57. The third-order valence-corrected chi connectivity index (χ3v) is 5.35. The van der Waals surface area contributed by atoms with E-state index < -0.39 is 11.6 Å². The summed E-state index contributed by atoms with van der Waals surface area (Å²) in [5.74, 6) is -0.859. The number of hydrogen-bond donors (Lipinski definition) is 1. The van der Waals surface area contributed by atoms with E-state index in [1.807, 2.05) is 6.07 Å². The Morgan fingerprint density at radius 3 is 2.55 bits per heavy atom. The van der Waals surface area contributed by atoms with Crippen LogP contribution in [0.1, 0.15) is 18.4 Å². The second-order valence-corrected chi connectivity index (χ2v) is 7.27. The molecule has 0 saturated carbocycles. The minimum atomic E-state index is -0.690. The minimum absolute atomic E-state index is 0.0467. The maximum absolute atomic E-state index is 13.8. The molecular weight excluding hydrogens is 396 g/mol. The van der Waals surface area contributed by atoms with Gasteiger partial charge in [-0.2, -0.15) is 0 Å². The maximum atomic E-state index is 13.8. The van der Waals surface area contributed by atoms with Crippen LogP contribution in [-0.4, -0.2) is 18.1 Å². The molecule has 1 aliphatic heterocycles. The lowest BCUT2D eigenvalue weighted by Crippen LogP contribution is -2.17. The summed E-state index contributed by atoms with van der Waals surface area (Å²) in [6.07, 6.45) is 4.21. The van der Waals surface area contributed by atoms with Gasteiger partial charge < -0.3 is 4.90 Å². The van der Waals surface area contributed by atoms with Gasteiger partial charge in [-0.1, -0.05) is 23.7 Å². The lowest BCUT2D eigenvalue weighted by Gasteiger charge is -2.18. The number of hydrogen-bond acceptors (Lipinski definition) is 4. The standard InChI is InChI=1S/C22H20ClF2N3O/c23-22-18(19(24)7-8-20(22)25)14-29-27-21-9-6-16(13-26-21)15-4-3-5-17(12-15)28-10-1-2-11-28/h3-9,12-13H,1-2,10-11,14H2,(H,26,27). The van der Waals surface area contributed by atoms with Crippen LogP contribution in [0.25, 0.3) is 11.1 Å². The number of benzene rings is 2. The SMILES string of the molecule is Fc1ccc(F)c(CONc2ccc(-c3cccc(N4CCCC4)c3)cn2)c1Cl. The van der Waals surface area contributed by atoms with Crippen LogP contribution in [0, 0.1) is 11.6 Å². The molecule has 7 heteroatoms. The third-order valence-electron chi connectivity index (χ3n) is 4.95. The number of nitrogens with zero attached hydrogens (tertiary/aromatic N) is 2. The average Bonchev–Trinajstić information content (AvgIpc) is 3.29. The highest BCUT2D eigenvalue weighted by molar-refractivity contribution is 6.31. The Bertz CT molecular complexity index is 992. The van der Waals surface area contributed by atoms with Crippen molar-refractivity contribution in [1.82, 2.24) is 4.98 Å². The van der Waals surface area contributed by atoms with Gasteiger partial charge in [-0.05, 0) is 54.8 Å². The summed E-state index contributed by atoms with van der Waals surface area (Å²) < 4.78 is 27.2. The Hall–Kier alpha value is -2.70. The van der Waals surface area contributed by atoms with Crippen molar-refractivity contribution in [2.24, 2.45) is 0 Å². The second-order valence-electron chi connectivity index (χ2n) is 6.89. The molecule has 0 bridgehead atoms. The summed E-state index contributed by atoms with van der Waals surface area (Å²) in [5.41, 5.74) is 5.88. The summed E-state index contributed by atoms with van der Waals surface area (Å²) in [4.78, 5) is 12.0. The van der Waals surface area contributed by atoms with Crippen LogP contribution in [0.15, 0.2) is 54.7 Å². The molecule has 2 heterocycles. The van der Waals surface area contributed by atoms with E-state index in [1.165, 1.54) is 18.5 Å². The quantitative estimate of drug-likeness (QED) is 0.406. The number of aromatic nitrogens is 1. The molecule has 0 aliphatic carbocycles. The van der Waals surface area contributed by atoms with Crippen LogP contribution in [-0.2, 0) is 11.4 Å². The zero-order valence-corrected chi connectivity index (χ0v) is 16.4. The fourth-order valence-electron chi connectivity index (χ4n) is 3.37. The number of anilines is 2. The molecule has 0 spiro atoms. The summed E-state index contributed by atoms with van der Waals surface area (Å²) in [5, 5.41) is -0.284. The van der Waals surface area contributed by atoms with Crippen molar-refractivity contribution >= 4 is 23.1 Å². The molecule has 2 aromatic carbocycles. The van der Waals surface area contributed by atoms with Crippen molar-refractivity contribution in [3.8, 4) is 11.1 Å². The van der Waals surface area contributed by atoms with E-state index in [4.69, 9.17) is 16.4 Å². The molecule has 1 N–H and O–H groups in total. The zero-order valence-electron chi connectivity index (χ0n) is 15.7. The van der Waals surface area contributed by atoms with Crippen LogP contribution < -0.4 is 10.4 Å². The Kier molecular flexibility index (Phi) is 5.92. The fraction of sp³-hybridized carbons (Fsp3) is 0.227. The first-order valence-corrected chi connectivity index (χ1v) is 9.81. The van der Waals surface area contributed by atoms with Crippen molar-refractivity contribution in [1.29, 1.82) is 0 Å². The van der Waals surface area contributed by atoms with Crippen molar-refractivity contribution in [3.05, 3.63) is 76.9 Å². The van der Waals surface area contributed by atoms with E-state index in [0.29, 0.717) is 5.82 Å². The van der Waals surface area contributed by atoms with E-state index in [-0.39, 0.29) is 17.2 Å². The van der Waals surface area contributed by atoms with Gasteiger partial charge in [-0.15, -0.1) is 0 Å². The number of nitrogens with one attached hydrogen (secondary N) is 1. The summed E-state index contributed by atoms with van der Waals surface area (Å²) >= 11 is 5.79. The Labute approximate surface area is 173 Å². The predicted octanol–water partition coefficient (Wildman–Crippen LogP) is 5.82. The van der Waals surface area contributed by atoms with Crippen LogP contribution in [0.2, 0.25) is 5.02 Å². The molecule has 0 radical (unpaired) electrons. The van der Waals surface area contributed by atoms with E-state index in [2.05, 4.69) is 39.6 Å². The number of rotatable bonds is 6. The molecule has 0 amide bonds. The normalized spacial score (nSPS) is 13.7. The van der Waals surface area contributed by atoms with Gasteiger partial charge in [0.05, 0.1) is 5.02 Å². The van der Waals surface area contributed by atoms with E-state index in [9.17, 15) is 8.78 Å². The van der Waals surface area contributed by atoms with Gasteiger partial charge in [0.15, 0.2) is 0 Å². The van der Waals surface area contributed by atoms with Gasteiger partial charge in [-0.3, -0.25) is 4.84 Å². The minimum Gasteiger partial charge on any atom is -0.372 e. The lowest BCUT2D eigenvalue weighted by atomic mass is 10.1. The van der Waals surface area contributed by atoms with E-state index in [0.717, 1.165) is 36.3 Å². The first kappa shape index (κ1) is 19.6. The largest absolute Gasteiger partial charge is 0.372 e. The van der Waals surface area contributed by atoms with Crippen LogP contribution in [0.5, 0.6) is 0 Å². The highest BCUT2D eigenvalue weighted by Crippen LogP contribution is 2.27. The molecule has 0 unspecified atom stereocenters. The van der Waals surface area contributed by atoms with Crippen molar-refractivity contribution < 1.29 is 13.6 Å². The molecule has 29 heavy (non-hydrogen) atoms. The average molecular weight is 416 g/mol. The van der Waals surface area contributed by atoms with Crippen molar-refractivity contribution in [2.75, 3.05) is 23.5 Å². The smallest absolute Gasteiger partial charge is 0.149 e. The highest BCUT2D eigenvalue weighted by Gasteiger charge is 2.14. The number of halogens is 3. The molecule has 3 aromatic rings. The summed E-state index contributed by atoms with van der Waals surface area (Å²) in [6, 6.07) is 14.1.